The second-order valence-corrected chi connectivity index (χ2v) is 3.69. The number of rotatable bonds is 1. The largest absolute Gasteiger partial charge is 0.330 e. The van der Waals surface area contributed by atoms with Crippen LogP contribution in [0.1, 0.15) is 23.6 Å². The Kier molecular flexibility index (Phi) is 2.41. The van der Waals surface area contributed by atoms with Crippen LogP contribution in [0, 0.1) is 6.92 Å². The normalized spacial score (nSPS) is 20.7. The fourth-order valence-corrected chi connectivity index (χ4v) is 1.70. The van der Waals surface area contributed by atoms with Crippen LogP contribution in [0.3, 0.4) is 0 Å². The maximum atomic E-state index is 11.2. The third-order valence-corrected chi connectivity index (χ3v) is 2.39. The standard InChI is InChI=1S/C11H12N2O2/c1-7-3-2-4-8(5-7)9-6-10(14)13-11(15)12-9/h2-5,9H,6H2,1H3,(H2,12,13,14,15). The van der Waals surface area contributed by atoms with E-state index in [0.29, 0.717) is 6.42 Å². The van der Waals surface area contributed by atoms with E-state index in [1.54, 1.807) is 0 Å². The minimum Gasteiger partial charge on any atom is -0.330 e. The van der Waals surface area contributed by atoms with Crippen LogP contribution in [0.15, 0.2) is 24.3 Å². The van der Waals surface area contributed by atoms with Gasteiger partial charge in [-0.1, -0.05) is 29.8 Å². The quantitative estimate of drug-likeness (QED) is 0.723. The van der Waals surface area contributed by atoms with E-state index < -0.39 is 6.03 Å². The van der Waals surface area contributed by atoms with Crippen molar-refractivity contribution in [2.24, 2.45) is 0 Å². The number of imide groups is 1. The molecule has 0 aromatic heterocycles. The van der Waals surface area contributed by atoms with Gasteiger partial charge in [-0.05, 0) is 12.5 Å². The van der Waals surface area contributed by atoms with Crippen LogP contribution in [-0.2, 0) is 4.79 Å². The van der Waals surface area contributed by atoms with Crippen molar-refractivity contribution in [2.45, 2.75) is 19.4 Å². The fraction of sp³-hybridized carbons (Fsp3) is 0.273. The van der Waals surface area contributed by atoms with Gasteiger partial charge >= 0.3 is 6.03 Å². The van der Waals surface area contributed by atoms with Crippen molar-refractivity contribution in [3.8, 4) is 0 Å². The summed E-state index contributed by atoms with van der Waals surface area (Å²) in [5, 5.41) is 4.92. The molecule has 1 aliphatic heterocycles. The van der Waals surface area contributed by atoms with E-state index in [-0.39, 0.29) is 11.9 Å². The zero-order valence-corrected chi connectivity index (χ0v) is 8.41. The van der Waals surface area contributed by atoms with Gasteiger partial charge in [-0.2, -0.15) is 0 Å². The summed E-state index contributed by atoms with van der Waals surface area (Å²) in [6, 6.07) is 7.17. The molecule has 1 atom stereocenters. The monoisotopic (exact) mass is 204 g/mol. The summed E-state index contributed by atoms with van der Waals surface area (Å²) in [6.45, 7) is 1.98. The highest BCUT2D eigenvalue weighted by molar-refractivity contribution is 5.97. The Bertz CT molecular complexity index is 399. The molecule has 4 heteroatoms. The van der Waals surface area contributed by atoms with Gasteiger partial charge in [0.25, 0.3) is 0 Å². The zero-order valence-electron chi connectivity index (χ0n) is 8.41. The topological polar surface area (TPSA) is 58.2 Å². The molecule has 1 fully saturated rings. The predicted octanol–water partition coefficient (Wildman–Crippen LogP) is 1.27. The lowest BCUT2D eigenvalue weighted by Crippen LogP contribution is -2.48. The van der Waals surface area contributed by atoms with Crippen molar-refractivity contribution in [3.63, 3.8) is 0 Å². The van der Waals surface area contributed by atoms with Crippen LogP contribution in [-0.4, -0.2) is 11.9 Å². The first-order chi connectivity index (χ1) is 7.15. The molecule has 2 rings (SSSR count). The van der Waals surface area contributed by atoms with Gasteiger partial charge in [-0.15, -0.1) is 0 Å². The molecular formula is C11H12N2O2. The van der Waals surface area contributed by atoms with Crippen LogP contribution >= 0.6 is 0 Å². The lowest BCUT2D eigenvalue weighted by molar-refractivity contribution is -0.121. The Morgan fingerprint density at radius 2 is 2.13 bits per heavy atom. The molecule has 3 amide bonds. The lowest BCUT2D eigenvalue weighted by atomic mass is 10.0. The van der Waals surface area contributed by atoms with E-state index in [4.69, 9.17) is 0 Å². The highest BCUT2D eigenvalue weighted by Crippen LogP contribution is 2.19. The van der Waals surface area contributed by atoms with Crippen molar-refractivity contribution in [1.82, 2.24) is 10.6 Å². The molecule has 4 nitrogen and oxygen atoms in total. The number of benzene rings is 1. The summed E-state index contributed by atoms with van der Waals surface area (Å²) >= 11 is 0. The molecule has 2 N–H and O–H groups in total. The highest BCUT2D eigenvalue weighted by atomic mass is 16.2. The SMILES string of the molecule is Cc1cccc(C2CC(=O)NC(=O)N2)c1. The smallest absolute Gasteiger partial charge is 0.321 e. The molecule has 0 bridgehead atoms. The first-order valence-electron chi connectivity index (χ1n) is 4.82. The number of hydrogen-bond acceptors (Lipinski definition) is 2. The third-order valence-electron chi connectivity index (χ3n) is 2.39. The van der Waals surface area contributed by atoms with Crippen molar-refractivity contribution in [3.05, 3.63) is 35.4 Å². The average molecular weight is 204 g/mol. The Balaban J connectivity index is 2.23. The summed E-state index contributed by atoms with van der Waals surface area (Å²) in [5.41, 5.74) is 2.09. The number of carbonyl (C=O) groups excluding carboxylic acids is 2. The molecule has 0 spiro atoms. The van der Waals surface area contributed by atoms with Crippen LogP contribution in [0.5, 0.6) is 0 Å². The predicted molar refractivity (Wildman–Crippen MR) is 55.2 cm³/mol. The van der Waals surface area contributed by atoms with Crippen LogP contribution in [0.25, 0.3) is 0 Å². The first-order valence-corrected chi connectivity index (χ1v) is 4.82. The van der Waals surface area contributed by atoms with E-state index in [1.807, 2.05) is 31.2 Å². The second kappa shape index (κ2) is 3.73. The Hall–Kier alpha value is -1.84. The zero-order chi connectivity index (χ0) is 10.8. The minimum absolute atomic E-state index is 0.203. The van der Waals surface area contributed by atoms with Gasteiger partial charge in [0.1, 0.15) is 0 Å². The molecule has 1 aromatic rings. The highest BCUT2D eigenvalue weighted by Gasteiger charge is 2.24. The molecule has 78 valence electrons. The molecule has 15 heavy (non-hydrogen) atoms. The Morgan fingerprint density at radius 3 is 2.80 bits per heavy atom. The molecule has 0 aliphatic carbocycles. The summed E-state index contributed by atoms with van der Waals surface area (Å²) in [6.07, 6.45) is 0.301. The number of nitrogens with one attached hydrogen (secondary N) is 2. The Morgan fingerprint density at radius 1 is 1.33 bits per heavy atom. The van der Waals surface area contributed by atoms with Gasteiger partial charge in [0.15, 0.2) is 0 Å². The van der Waals surface area contributed by atoms with Gasteiger partial charge in [0.05, 0.1) is 12.5 Å². The summed E-state index contributed by atoms with van der Waals surface area (Å²) in [7, 11) is 0. The lowest BCUT2D eigenvalue weighted by Gasteiger charge is -2.23. The van der Waals surface area contributed by atoms with E-state index in [1.165, 1.54) is 0 Å². The van der Waals surface area contributed by atoms with Crippen LogP contribution in [0.2, 0.25) is 0 Å². The molecule has 1 unspecified atom stereocenters. The van der Waals surface area contributed by atoms with E-state index >= 15 is 0 Å². The van der Waals surface area contributed by atoms with Gasteiger partial charge in [-0.3, -0.25) is 10.1 Å². The molecule has 1 heterocycles. The fourth-order valence-electron chi connectivity index (χ4n) is 1.70. The number of amides is 3. The van der Waals surface area contributed by atoms with Crippen molar-refractivity contribution in [2.75, 3.05) is 0 Å². The van der Waals surface area contributed by atoms with Crippen LogP contribution < -0.4 is 10.6 Å². The number of aryl methyl sites for hydroxylation is 1. The van der Waals surface area contributed by atoms with E-state index in [2.05, 4.69) is 10.6 Å². The van der Waals surface area contributed by atoms with E-state index in [9.17, 15) is 9.59 Å². The number of carbonyl (C=O) groups is 2. The van der Waals surface area contributed by atoms with Crippen LogP contribution in [0.4, 0.5) is 4.79 Å². The molecule has 1 aliphatic rings. The molecule has 0 radical (unpaired) electrons. The maximum absolute atomic E-state index is 11.2. The van der Waals surface area contributed by atoms with Crippen molar-refractivity contribution >= 4 is 11.9 Å². The molecule has 1 saturated heterocycles. The summed E-state index contributed by atoms with van der Waals surface area (Å²) in [4.78, 5) is 22.3. The summed E-state index contributed by atoms with van der Waals surface area (Å²) in [5.74, 6) is -0.231. The van der Waals surface area contributed by atoms with Gasteiger partial charge in [0, 0.05) is 0 Å². The third kappa shape index (κ3) is 2.15. The first kappa shape index (κ1) is 9.71. The van der Waals surface area contributed by atoms with Crippen molar-refractivity contribution in [1.29, 1.82) is 0 Å². The summed E-state index contributed by atoms with van der Waals surface area (Å²) < 4.78 is 0. The van der Waals surface area contributed by atoms with E-state index in [0.717, 1.165) is 11.1 Å². The molecular weight excluding hydrogens is 192 g/mol. The number of urea groups is 1. The molecule has 0 saturated carbocycles. The molecule has 1 aromatic carbocycles. The van der Waals surface area contributed by atoms with Gasteiger partial charge in [-0.25, -0.2) is 4.79 Å². The van der Waals surface area contributed by atoms with Gasteiger partial charge in [0.2, 0.25) is 5.91 Å². The Labute approximate surface area is 87.7 Å². The maximum Gasteiger partial charge on any atom is 0.321 e. The minimum atomic E-state index is -0.419. The number of hydrogen-bond donors (Lipinski definition) is 2. The van der Waals surface area contributed by atoms with Gasteiger partial charge < -0.3 is 5.32 Å². The average Bonchev–Trinajstić information content (AvgIpc) is 2.16. The van der Waals surface area contributed by atoms with Crippen molar-refractivity contribution < 1.29 is 9.59 Å². The second-order valence-electron chi connectivity index (χ2n) is 3.69.